The van der Waals surface area contributed by atoms with Gasteiger partial charge in [-0.2, -0.15) is 0 Å². The van der Waals surface area contributed by atoms with E-state index in [0.717, 1.165) is 51.4 Å². The van der Waals surface area contributed by atoms with E-state index in [2.05, 4.69) is 17.6 Å². The lowest BCUT2D eigenvalue weighted by Gasteiger charge is -2.36. The Morgan fingerprint density at radius 1 is 1.06 bits per heavy atom. The number of hydrogen-bond acceptors (Lipinski definition) is 4. The third kappa shape index (κ3) is 5.05. The zero-order valence-corrected chi connectivity index (χ0v) is 21.3. The van der Waals surface area contributed by atoms with Gasteiger partial charge in [0.1, 0.15) is 11.4 Å². The number of benzene rings is 1. The Labute approximate surface area is 211 Å². The van der Waals surface area contributed by atoms with Crippen LogP contribution in [0, 0.1) is 29.5 Å². The molecule has 6 nitrogen and oxygen atoms in total. The van der Waals surface area contributed by atoms with Crippen LogP contribution in [0.3, 0.4) is 0 Å². The Bertz CT molecular complexity index is 990. The molecule has 1 aromatic rings. The van der Waals surface area contributed by atoms with E-state index in [0.29, 0.717) is 18.8 Å². The predicted octanol–water partition coefficient (Wildman–Crippen LogP) is 4.94. The van der Waals surface area contributed by atoms with E-state index in [9.17, 15) is 18.4 Å². The summed E-state index contributed by atoms with van der Waals surface area (Å²) in [4.78, 5) is 26.5. The van der Waals surface area contributed by atoms with Gasteiger partial charge in [-0.1, -0.05) is 6.92 Å². The Morgan fingerprint density at radius 2 is 1.78 bits per heavy atom. The molecule has 4 atom stereocenters. The summed E-state index contributed by atoms with van der Waals surface area (Å²) in [7, 11) is 1.40. The first-order valence-corrected chi connectivity index (χ1v) is 13.6. The number of hydrogen-bond donors (Lipinski definition) is 2. The molecule has 0 aromatic heterocycles. The Morgan fingerprint density at radius 3 is 2.44 bits per heavy atom. The predicted molar refractivity (Wildman–Crippen MR) is 131 cm³/mol. The number of ether oxygens (including phenoxy) is 2. The molecule has 4 saturated carbocycles. The molecular formula is C28H38F2N2O4. The summed E-state index contributed by atoms with van der Waals surface area (Å²) in [6.07, 6.45) is 8.29. The van der Waals surface area contributed by atoms with Crippen LogP contribution in [0.1, 0.15) is 81.5 Å². The maximum absolute atomic E-state index is 14.8. The maximum atomic E-state index is 14.8. The first kappa shape index (κ1) is 25.3. The number of amides is 2. The lowest BCUT2D eigenvalue weighted by atomic mass is 9.81. The fourth-order valence-electron chi connectivity index (χ4n) is 6.70. The number of carbonyl (C=O) groups excluding carboxylic acids is 2. The molecule has 198 valence electrons. The lowest BCUT2D eigenvalue weighted by molar-refractivity contribution is -0.128. The van der Waals surface area contributed by atoms with E-state index in [1.807, 2.05) is 0 Å². The molecule has 36 heavy (non-hydrogen) atoms. The Kier molecular flexibility index (Phi) is 7.14. The molecule has 0 aliphatic heterocycles. The van der Waals surface area contributed by atoms with Gasteiger partial charge in [-0.15, -0.1) is 0 Å². The average Bonchev–Trinajstić information content (AvgIpc) is 3.45. The summed E-state index contributed by atoms with van der Waals surface area (Å²) < 4.78 is 40.6. The molecule has 1 aromatic carbocycles. The molecule has 0 spiro atoms. The van der Waals surface area contributed by atoms with Crippen LogP contribution in [-0.4, -0.2) is 43.3 Å². The van der Waals surface area contributed by atoms with Crippen LogP contribution in [0.2, 0.25) is 0 Å². The number of methoxy groups -OCH3 is 1. The monoisotopic (exact) mass is 504 g/mol. The molecule has 2 amide bonds. The van der Waals surface area contributed by atoms with Crippen LogP contribution in [0.4, 0.5) is 8.78 Å². The summed E-state index contributed by atoms with van der Waals surface area (Å²) in [5.74, 6) is -0.340. The van der Waals surface area contributed by atoms with Gasteiger partial charge in [-0.3, -0.25) is 9.59 Å². The van der Waals surface area contributed by atoms with Crippen molar-refractivity contribution in [3.05, 3.63) is 23.5 Å². The van der Waals surface area contributed by atoms with Gasteiger partial charge in [0.05, 0.1) is 31.2 Å². The fraction of sp³-hybridized carbons (Fsp3) is 0.714. The number of halogens is 2. The van der Waals surface area contributed by atoms with Gasteiger partial charge in [0.2, 0.25) is 5.91 Å². The zero-order chi connectivity index (χ0) is 25.4. The van der Waals surface area contributed by atoms with Crippen LogP contribution in [-0.2, 0) is 4.79 Å². The molecule has 8 heteroatoms. The topological polar surface area (TPSA) is 76.7 Å². The summed E-state index contributed by atoms with van der Waals surface area (Å²) in [6.45, 7) is 2.24. The second kappa shape index (κ2) is 10.2. The van der Waals surface area contributed by atoms with Crippen LogP contribution < -0.4 is 20.1 Å². The quantitative estimate of drug-likeness (QED) is 0.526. The number of alkyl halides is 1. The van der Waals surface area contributed by atoms with Gasteiger partial charge in [0, 0.05) is 12.1 Å². The van der Waals surface area contributed by atoms with E-state index in [4.69, 9.17) is 9.47 Å². The second-order valence-corrected chi connectivity index (χ2v) is 11.6. The van der Waals surface area contributed by atoms with Crippen molar-refractivity contribution in [2.45, 2.75) is 88.9 Å². The van der Waals surface area contributed by atoms with Crippen molar-refractivity contribution in [2.75, 3.05) is 13.7 Å². The van der Waals surface area contributed by atoms with Crippen molar-refractivity contribution in [3.8, 4) is 11.5 Å². The third-order valence-corrected chi connectivity index (χ3v) is 9.10. The summed E-state index contributed by atoms with van der Waals surface area (Å²) in [5.41, 5.74) is -1.10. The first-order chi connectivity index (χ1) is 17.3. The molecule has 2 N–H and O–H groups in total. The van der Waals surface area contributed by atoms with Crippen molar-refractivity contribution in [1.82, 2.24) is 10.6 Å². The first-order valence-electron chi connectivity index (χ1n) is 13.6. The van der Waals surface area contributed by atoms with Gasteiger partial charge in [0.15, 0.2) is 11.6 Å². The van der Waals surface area contributed by atoms with E-state index in [1.165, 1.54) is 19.2 Å². The molecule has 2 bridgehead atoms. The van der Waals surface area contributed by atoms with Crippen molar-refractivity contribution in [1.29, 1.82) is 0 Å². The molecular weight excluding hydrogens is 466 g/mol. The molecule has 4 fully saturated rings. The molecule has 4 aliphatic rings. The zero-order valence-electron chi connectivity index (χ0n) is 21.3. The van der Waals surface area contributed by atoms with Crippen molar-refractivity contribution < 1.29 is 27.8 Å². The number of rotatable bonds is 8. The molecule has 0 saturated heterocycles. The Balaban J connectivity index is 1.30. The van der Waals surface area contributed by atoms with Crippen molar-refractivity contribution >= 4 is 11.8 Å². The smallest absolute Gasteiger partial charge is 0.255 e. The number of fused-ring (bicyclic) bond motifs is 2. The van der Waals surface area contributed by atoms with Gasteiger partial charge in [-0.25, -0.2) is 8.78 Å². The van der Waals surface area contributed by atoms with E-state index in [1.54, 1.807) is 0 Å². The highest BCUT2D eigenvalue weighted by atomic mass is 19.1. The van der Waals surface area contributed by atoms with E-state index < -0.39 is 17.4 Å². The van der Waals surface area contributed by atoms with Crippen LogP contribution in [0.5, 0.6) is 11.5 Å². The number of carbonyl (C=O) groups is 2. The third-order valence-electron chi connectivity index (χ3n) is 9.10. The van der Waals surface area contributed by atoms with Crippen LogP contribution in [0.15, 0.2) is 12.1 Å². The molecule has 0 radical (unpaired) electrons. The largest absolute Gasteiger partial charge is 0.496 e. The summed E-state index contributed by atoms with van der Waals surface area (Å²) in [6, 6.07) is 2.28. The maximum Gasteiger partial charge on any atom is 0.255 e. The molecule has 4 aliphatic carbocycles. The summed E-state index contributed by atoms with van der Waals surface area (Å²) >= 11 is 0. The highest BCUT2D eigenvalue weighted by Crippen LogP contribution is 2.49. The van der Waals surface area contributed by atoms with Gasteiger partial charge in [0.25, 0.3) is 5.91 Å². The lowest BCUT2D eigenvalue weighted by Crippen LogP contribution is -2.52. The van der Waals surface area contributed by atoms with Gasteiger partial charge >= 0.3 is 0 Å². The van der Waals surface area contributed by atoms with Crippen molar-refractivity contribution in [2.24, 2.45) is 23.7 Å². The average molecular weight is 505 g/mol. The van der Waals surface area contributed by atoms with Gasteiger partial charge in [-0.05, 0) is 88.0 Å². The molecule has 0 unspecified atom stereocenters. The van der Waals surface area contributed by atoms with Crippen molar-refractivity contribution in [3.63, 3.8) is 0 Å². The molecule has 5 rings (SSSR count). The van der Waals surface area contributed by atoms with Gasteiger partial charge < -0.3 is 20.1 Å². The highest BCUT2D eigenvalue weighted by molar-refractivity contribution is 5.98. The minimum atomic E-state index is -1.29. The molecule has 0 heterocycles. The van der Waals surface area contributed by atoms with Crippen LogP contribution in [0.25, 0.3) is 0 Å². The summed E-state index contributed by atoms with van der Waals surface area (Å²) in [5, 5.41) is 5.89. The highest BCUT2D eigenvalue weighted by Gasteiger charge is 2.52. The minimum absolute atomic E-state index is 0.0345. The van der Waals surface area contributed by atoms with E-state index in [-0.39, 0.29) is 59.4 Å². The van der Waals surface area contributed by atoms with Crippen LogP contribution >= 0.6 is 0 Å². The van der Waals surface area contributed by atoms with E-state index >= 15 is 0 Å². The normalized spacial score (nSPS) is 32.4. The fourth-order valence-corrected chi connectivity index (χ4v) is 6.70. The second-order valence-electron chi connectivity index (χ2n) is 11.6. The number of nitrogens with one attached hydrogen (secondary N) is 2. The minimum Gasteiger partial charge on any atom is -0.496 e. The SMILES string of the molecule is COc1cc(F)c(O[C@H]2CC[C@H](C)CC2)cc1C(=O)N[C@@H]1[C@H]2CC[C@H](C2)[C@@H]1C(=O)NCC1(F)CCC1. The Hall–Kier alpha value is -2.38. The standard InChI is InChI=1S/C28H38F2N2O4/c1-16-4-8-19(9-5-16)36-23-13-20(22(35-2)14-21(23)29)26(33)32-25-18-7-6-17(12-18)24(25)27(34)31-15-28(30)10-3-11-28/h13-14,16-19,24-25H,3-12,15H2,1-2H3,(H,31,34)(H,32,33)/t16-,17-,18+,19-,24+,25-/m1/s1.